The molecule has 0 aromatic heterocycles. The number of aliphatic hydroxyl groups is 1. The number of benzene rings is 1. The molecule has 0 spiro atoms. The Morgan fingerprint density at radius 3 is 2.70 bits per heavy atom. The Bertz CT molecular complexity index is 869. The zero-order chi connectivity index (χ0) is 22.1. The molecule has 0 aliphatic carbocycles. The van der Waals surface area contributed by atoms with Crippen molar-refractivity contribution < 1.29 is 24.5 Å². The van der Waals surface area contributed by atoms with Gasteiger partial charge in [-0.05, 0) is 13.0 Å². The predicted molar refractivity (Wildman–Crippen MR) is 113 cm³/mol. The van der Waals surface area contributed by atoms with Crippen LogP contribution in [-0.2, 0) is 20.9 Å². The molecule has 2 heterocycles. The fraction of sp³-hybridized carbons (Fsp3) is 0.381. The lowest BCUT2D eigenvalue weighted by molar-refractivity contribution is -0.137. The summed E-state index contributed by atoms with van der Waals surface area (Å²) in [6, 6.07) is 5.56. The Kier molecular flexibility index (Phi) is 8.26. The van der Waals surface area contributed by atoms with Crippen LogP contribution in [0.1, 0.15) is 18.1 Å². The summed E-state index contributed by atoms with van der Waals surface area (Å²) in [5, 5.41) is 30.8. The van der Waals surface area contributed by atoms with E-state index in [1.54, 1.807) is 13.0 Å². The van der Waals surface area contributed by atoms with Crippen molar-refractivity contribution in [3.8, 4) is 12.3 Å². The molecule has 0 saturated carbocycles. The van der Waals surface area contributed by atoms with Gasteiger partial charge in [-0.15, -0.1) is 6.42 Å². The first-order valence-electron chi connectivity index (χ1n) is 9.47. The number of carboxylic acid groups (broad SMARTS) is 1. The highest BCUT2D eigenvalue weighted by atomic mass is 16.5. The number of nitrogens with one attached hydrogen (secondary N) is 3. The second-order valence-electron chi connectivity index (χ2n) is 6.68. The Balaban J connectivity index is 0.000000469. The molecule has 1 atom stereocenters. The highest BCUT2D eigenvalue weighted by molar-refractivity contribution is 6.01. The van der Waals surface area contributed by atoms with Crippen LogP contribution in [0.2, 0.25) is 0 Å². The average Bonchev–Trinajstić information content (AvgIpc) is 2.78. The molecular weight excluding hydrogens is 388 g/mol. The van der Waals surface area contributed by atoms with E-state index >= 15 is 0 Å². The van der Waals surface area contributed by atoms with E-state index in [2.05, 4.69) is 21.5 Å². The molecule has 9 nitrogen and oxygen atoms in total. The van der Waals surface area contributed by atoms with Gasteiger partial charge in [0, 0.05) is 42.7 Å². The lowest BCUT2D eigenvalue weighted by atomic mass is 9.98. The predicted octanol–water partition coefficient (Wildman–Crippen LogP) is 0.959. The number of anilines is 1. The Labute approximate surface area is 175 Å². The van der Waals surface area contributed by atoms with E-state index < -0.39 is 18.4 Å². The molecule has 2 aliphatic rings. The van der Waals surface area contributed by atoms with Crippen LogP contribution in [-0.4, -0.2) is 61.2 Å². The smallest absolute Gasteiger partial charge is 0.322 e. The van der Waals surface area contributed by atoms with Crippen molar-refractivity contribution in [1.82, 2.24) is 10.6 Å². The number of fused-ring (bicyclic) bond motifs is 1. The Morgan fingerprint density at radius 1 is 1.43 bits per heavy atom. The number of morpholine rings is 1. The fourth-order valence-electron chi connectivity index (χ4n) is 2.96. The number of amides is 1. The van der Waals surface area contributed by atoms with Gasteiger partial charge in [0.2, 0.25) is 0 Å². The minimum absolute atomic E-state index is 0.00463. The summed E-state index contributed by atoms with van der Waals surface area (Å²) in [5.41, 5.74) is 2.48. The number of carbonyl (C=O) groups excluding carboxylic acids is 1. The standard InChI is InChI=1S/C16H19N3O5.C5H7N/c20-13(21)9-18-16(23)14-15(22)10-2-1-3-12(11(10)8-17-14)19-4-6-24-7-5-19;1-3-5(2)4-6/h1-3,17,22H,4-9H2,(H,18,23)(H,20,21);1,4-6H,2H3/t;5-/m.1/s1. The van der Waals surface area contributed by atoms with Crippen molar-refractivity contribution in [2.24, 2.45) is 5.92 Å². The minimum atomic E-state index is -1.14. The molecule has 1 aromatic rings. The van der Waals surface area contributed by atoms with Crippen LogP contribution in [0.4, 0.5) is 5.69 Å². The Hall–Kier alpha value is -3.51. The largest absolute Gasteiger partial charge is 0.505 e. The normalized spacial score (nSPS) is 16.1. The van der Waals surface area contributed by atoms with E-state index in [-0.39, 0.29) is 17.4 Å². The van der Waals surface area contributed by atoms with E-state index in [9.17, 15) is 14.7 Å². The molecule has 9 heteroatoms. The molecule has 0 unspecified atom stereocenters. The SMILES string of the molecule is C#C[C@@H](C)C=N.O=C(O)CNC(=O)C1=C(O)c2cccc(N3CCOCC3)c2CN1. The van der Waals surface area contributed by atoms with Crippen LogP contribution >= 0.6 is 0 Å². The number of hydrogen-bond donors (Lipinski definition) is 5. The second kappa shape index (κ2) is 10.9. The van der Waals surface area contributed by atoms with E-state index in [1.165, 1.54) is 6.21 Å². The molecule has 1 saturated heterocycles. The monoisotopic (exact) mass is 414 g/mol. The third-order valence-electron chi connectivity index (χ3n) is 4.58. The van der Waals surface area contributed by atoms with Gasteiger partial charge < -0.3 is 35.9 Å². The van der Waals surface area contributed by atoms with Gasteiger partial charge in [-0.3, -0.25) is 9.59 Å². The van der Waals surface area contributed by atoms with Crippen molar-refractivity contribution in [2.45, 2.75) is 13.5 Å². The quantitative estimate of drug-likeness (QED) is 0.358. The maximum Gasteiger partial charge on any atom is 0.322 e. The second-order valence-corrected chi connectivity index (χ2v) is 6.68. The number of rotatable bonds is 5. The molecule has 0 bridgehead atoms. The van der Waals surface area contributed by atoms with E-state index in [1.807, 2.05) is 12.1 Å². The third kappa shape index (κ3) is 5.75. The number of carboxylic acids is 1. The number of hydrogen-bond acceptors (Lipinski definition) is 7. The summed E-state index contributed by atoms with van der Waals surface area (Å²) in [5.74, 6) is 0.419. The van der Waals surface area contributed by atoms with E-state index in [0.717, 1.165) is 24.3 Å². The van der Waals surface area contributed by atoms with Crippen LogP contribution in [0.5, 0.6) is 0 Å². The molecule has 1 fully saturated rings. The number of aliphatic carboxylic acids is 1. The number of carbonyl (C=O) groups is 2. The number of ether oxygens (including phenoxy) is 1. The highest BCUT2D eigenvalue weighted by Gasteiger charge is 2.26. The summed E-state index contributed by atoms with van der Waals surface area (Å²) in [6.45, 7) is 4.52. The Morgan fingerprint density at radius 2 is 2.13 bits per heavy atom. The summed E-state index contributed by atoms with van der Waals surface area (Å²) >= 11 is 0. The van der Waals surface area contributed by atoms with Gasteiger partial charge in [-0.1, -0.05) is 18.1 Å². The van der Waals surface area contributed by atoms with Crippen molar-refractivity contribution >= 4 is 29.5 Å². The number of nitrogens with zero attached hydrogens (tertiary/aromatic N) is 1. The molecule has 2 aliphatic heterocycles. The lowest BCUT2D eigenvalue weighted by Crippen LogP contribution is -2.39. The lowest BCUT2D eigenvalue weighted by Gasteiger charge is -2.33. The molecular formula is C21H26N4O5. The summed E-state index contributed by atoms with van der Waals surface area (Å²) in [4.78, 5) is 24.8. The molecule has 160 valence electrons. The first-order valence-corrected chi connectivity index (χ1v) is 9.47. The first kappa shape index (κ1) is 22.8. The molecule has 3 rings (SSSR count). The number of aliphatic hydroxyl groups excluding tert-OH is 1. The van der Waals surface area contributed by atoms with Gasteiger partial charge in [0.25, 0.3) is 5.91 Å². The van der Waals surface area contributed by atoms with Crippen molar-refractivity contribution in [2.75, 3.05) is 37.7 Å². The van der Waals surface area contributed by atoms with Crippen molar-refractivity contribution in [3.05, 3.63) is 35.0 Å². The van der Waals surface area contributed by atoms with Gasteiger partial charge >= 0.3 is 5.97 Å². The molecule has 5 N–H and O–H groups in total. The molecule has 30 heavy (non-hydrogen) atoms. The summed E-state index contributed by atoms with van der Waals surface area (Å²) < 4.78 is 5.36. The fourth-order valence-corrected chi connectivity index (χ4v) is 2.96. The minimum Gasteiger partial charge on any atom is -0.505 e. The maximum absolute atomic E-state index is 12.0. The van der Waals surface area contributed by atoms with Crippen molar-refractivity contribution in [3.63, 3.8) is 0 Å². The average molecular weight is 414 g/mol. The van der Waals surface area contributed by atoms with Crippen LogP contribution in [0.3, 0.4) is 0 Å². The molecule has 1 aromatic carbocycles. The van der Waals surface area contributed by atoms with Gasteiger partial charge in [0.05, 0.1) is 19.1 Å². The summed E-state index contributed by atoms with van der Waals surface area (Å²) in [7, 11) is 0. The first-order chi connectivity index (χ1) is 14.4. The molecule has 1 amide bonds. The topological polar surface area (TPSA) is 135 Å². The maximum atomic E-state index is 12.0. The highest BCUT2D eigenvalue weighted by Crippen LogP contribution is 2.32. The van der Waals surface area contributed by atoms with Gasteiger partial charge in [-0.2, -0.15) is 0 Å². The van der Waals surface area contributed by atoms with Gasteiger partial charge in [0.1, 0.15) is 12.2 Å². The van der Waals surface area contributed by atoms with Gasteiger partial charge in [0.15, 0.2) is 5.76 Å². The zero-order valence-corrected chi connectivity index (χ0v) is 16.8. The van der Waals surface area contributed by atoms with Crippen LogP contribution < -0.4 is 15.5 Å². The molecule has 0 radical (unpaired) electrons. The van der Waals surface area contributed by atoms with Crippen LogP contribution in [0.25, 0.3) is 5.76 Å². The zero-order valence-electron chi connectivity index (χ0n) is 16.8. The summed E-state index contributed by atoms with van der Waals surface area (Å²) in [6.07, 6.45) is 6.12. The van der Waals surface area contributed by atoms with Crippen molar-refractivity contribution in [1.29, 1.82) is 5.41 Å². The van der Waals surface area contributed by atoms with Crippen LogP contribution in [0, 0.1) is 23.7 Å². The van der Waals surface area contributed by atoms with E-state index in [0.29, 0.717) is 25.3 Å². The van der Waals surface area contributed by atoms with E-state index in [4.69, 9.17) is 21.7 Å². The number of terminal acetylenes is 1. The van der Waals surface area contributed by atoms with Gasteiger partial charge in [-0.25, -0.2) is 0 Å². The van der Waals surface area contributed by atoms with Crippen LogP contribution in [0.15, 0.2) is 23.9 Å². The third-order valence-corrected chi connectivity index (χ3v) is 4.58.